The van der Waals surface area contributed by atoms with Crippen LogP contribution in [0.1, 0.15) is 23.2 Å². The van der Waals surface area contributed by atoms with E-state index in [-0.39, 0.29) is 5.56 Å². The Bertz CT molecular complexity index is 438. The first-order valence-electron chi connectivity index (χ1n) is 5.62. The third-order valence-electron chi connectivity index (χ3n) is 2.76. The van der Waals surface area contributed by atoms with E-state index in [2.05, 4.69) is 5.32 Å². The molecule has 0 aromatic heterocycles. The van der Waals surface area contributed by atoms with Crippen molar-refractivity contribution in [3.8, 4) is 0 Å². The number of carbonyl (C=O) groups is 1. The van der Waals surface area contributed by atoms with E-state index in [1.807, 2.05) is 0 Å². The van der Waals surface area contributed by atoms with E-state index in [4.69, 9.17) is 0 Å². The minimum atomic E-state index is -1.56. The highest BCUT2D eigenvalue weighted by Crippen LogP contribution is 2.25. The summed E-state index contributed by atoms with van der Waals surface area (Å²) in [5, 5.41) is 2.95. The molecule has 1 heterocycles. The van der Waals surface area contributed by atoms with Crippen molar-refractivity contribution in [1.29, 1.82) is 0 Å². The number of benzene rings is 1. The number of nitrogens with one attached hydrogen (secondary N) is 1. The van der Waals surface area contributed by atoms with E-state index in [0.717, 1.165) is 18.6 Å². The molecule has 1 fully saturated rings. The standard InChI is InChI=1S/C12H12F3NOS/c13-9-4-7(5-10(14)11(9)15)12(17)16-6-8-2-1-3-18-8/h4-5,8H,1-3,6H2,(H,16,17). The van der Waals surface area contributed by atoms with Crippen LogP contribution in [0.25, 0.3) is 0 Å². The number of hydrogen-bond donors (Lipinski definition) is 1. The predicted octanol–water partition coefficient (Wildman–Crippen LogP) is 2.73. The second-order valence-electron chi connectivity index (χ2n) is 4.10. The predicted molar refractivity (Wildman–Crippen MR) is 64.1 cm³/mol. The zero-order valence-electron chi connectivity index (χ0n) is 9.51. The summed E-state index contributed by atoms with van der Waals surface area (Å²) in [5.41, 5.74) is -0.200. The van der Waals surface area contributed by atoms with Gasteiger partial charge in [-0.25, -0.2) is 13.2 Å². The van der Waals surface area contributed by atoms with Crippen LogP contribution in [0, 0.1) is 17.5 Å². The van der Waals surface area contributed by atoms with Gasteiger partial charge >= 0.3 is 0 Å². The fourth-order valence-electron chi connectivity index (χ4n) is 1.80. The Labute approximate surface area is 107 Å². The lowest BCUT2D eigenvalue weighted by Crippen LogP contribution is -2.29. The highest BCUT2D eigenvalue weighted by atomic mass is 32.2. The van der Waals surface area contributed by atoms with E-state index in [9.17, 15) is 18.0 Å². The third-order valence-corrected chi connectivity index (χ3v) is 4.16. The van der Waals surface area contributed by atoms with Gasteiger partial charge in [0.25, 0.3) is 5.91 Å². The van der Waals surface area contributed by atoms with Crippen LogP contribution in [0.2, 0.25) is 0 Å². The second kappa shape index (κ2) is 5.65. The maximum absolute atomic E-state index is 12.9. The first-order chi connectivity index (χ1) is 8.58. The minimum Gasteiger partial charge on any atom is -0.351 e. The molecule has 1 unspecified atom stereocenters. The molecule has 2 rings (SSSR count). The number of thioether (sulfide) groups is 1. The van der Waals surface area contributed by atoms with E-state index in [0.29, 0.717) is 23.9 Å². The van der Waals surface area contributed by atoms with Crippen molar-refractivity contribution >= 4 is 17.7 Å². The first-order valence-corrected chi connectivity index (χ1v) is 6.67. The zero-order valence-corrected chi connectivity index (χ0v) is 10.3. The minimum absolute atomic E-state index is 0.200. The van der Waals surface area contributed by atoms with Crippen LogP contribution in [0.15, 0.2) is 12.1 Å². The molecule has 0 radical (unpaired) electrons. The smallest absolute Gasteiger partial charge is 0.251 e. The number of halogens is 3. The fraction of sp³-hybridized carbons (Fsp3) is 0.417. The summed E-state index contributed by atoms with van der Waals surface area (Å²) < 4.78 is 38.6. The molecule has 1 aliphatic rings. The quantitative estimate of drug-likeness (QED) is 0.859. The number of amides is 1. The van der Waals surface area contributed by atoms with Gasteiger partial charge in [0.15, 0.2) is 17.5 Å². The molecule has 0 aliphatic carbocycles. The SMILES string of the molecule is O=C(NCC1CCCS1)c1cc(F)c(F)c(F)c1. The van der Waals surface area contributed by atoms with Crippen molar-refractivity contribution in [2.24, 2.45) is 0 Å². The van der Waals surface area contributed by atoms with Crippen LogP contribution in [0.3, 0.4) is 0 Å². The van der Waals surface area contributed by atoms with Crippen molar-refractivity contribution in [3.05, 3.63) is 35.1 Å². The molecule has 1 aliphatic heterocycles. The maximum atomic E-state index is 12.9. The van der Waals surface area contributed by atoms with Gasteiger partial charge in [0.05, 0.1) is 0 Å². The average Bonchev–Trinajstić information content (AvgIpc) is 2.85. The lowest BCUT2D eigenvalue weighted by atomic mass is 10.2. The molecule has 0 bridgehead atoms. The van der Waals surface area contributed by atoms with Crippen molar-refractivity contribution < 1.29 is 18.0 Å². The molecule has 1 aromatic rings. The summed E-state index contributed by atoms with van der Waals surface area (Å²) in [6.45, 7) is 0.462. The summed E-state index contributed by atoms with van der Waals surface area (Å²) in [5.74, 6) is -3.77. The molecule has 1 N–H and O–H groups in total. The maximum Gasteiger partial charge on any atom is 0.251 e. The Kier molecular flexibility index (Phi) is 4.16. The van der Waals surface area contributed by atoms with Crippen LogP contribution < -0.4 is 5.32 Å². The van der Waals surface area contributed by atoms with E-state index < -0.39 is 23.4 Å². The molecule has 18 heavy (non-hydrogen) atoms. The van der Waals surface area contributed by atoms with Gasteiger partial charge in [0.1, 0.15) is 0 Å². The molecular weight excluding hydrogens is 263 g/mol. The number of carbonyl (C=O) groups excluding carboxylic acids is 1. The summed E-state index contributed by atoms with van der Waals surface area (Å²) in [6.07, 6.45) is 2.14. The number of rotatable bonds is 3. The molecule has 0 spiro atoms. The molecule has 1 aromatic carbocycles. The van der Waals surface area contributed by atoms with Crippen LogP contribution in [-0.2, 0) is 0 Å². The van der Waals surface area contributed by atoms with E-state index >= 15 is 0 Å². The second-order valence-corrected chi connectivity index (χ2v) is 5.51. The highest BCUT2D eigenvalue weighted by Gasteiger charge is 2.18. The molecule has 1 saturated heterocycles. The Balaban J connectivity index is 2.00. The monoisotopic (exact) mass is 275 g/mol. The van der Waals surface area contributed by atoms with Crippen molar-refractivity contribution in [3.63, 3.8) is 0 Å². The topological polar surface area (TPSA) is 29.1 Å². The molecule has 98 valence electrons. The Hall–Kier alpha value is -1.17. The molecule has 6 heteroatoms. The van der Waals surface area contributed by atoms with Crippen LogP contribution >= 0.6 is 11.8 Å². The summed E-state index contributed by atoms with van der Waals surface area (Å²) in [6, 6.07) is 1.41. The van der Waals surface area contributed by atoms with Gasteiger partial charge in [-0.05, 0) is 30.7 Å². The number of hydrogen-bond acceptors (Lipinski definition) is 2. The van der Waals surface area contributed by atoms with Crippen LogP contribution in [-0.4, -0.2) is 23.5 Å². The van der Waals surface area contributed by atoms with E-state index in [1.165, 1.54) is 0 Å². The van der Waals surface area contributed by atoms with Gasteiger partial charge in [0.2, 0.25) is 0 Å². The Morgan fingerprint density at radius 3 is 2.56 bits per heavy atom. The van der Waals surface area contributed by atoms with Crippen LogP contribution in [0.4, 0.5) is 13.2 Å². The first kappa shape index (κ1) is 13.3. The van der Waals surface area contributed by atoms with Gasteiger partial charge in [-0.2, -0.15) is 11.8 Å². The summed E-state index contributed by atoms with van der Waals surface area (Å²) in [4.78, 5) is 11.6. The van der Waals surface area contributed by atoms with Gasteiger partial charge in [0, 0.05) is 17.4 Å². The van der Waals surface area contributed by atoms with Gasteiger partial charge in [-0.1, -0.05) is 0 Å². The normalized spacial score (nSPS) is 18.9. The largest absolute Gasteiger partial charge is 0.351 e. The summed E-state index contributed by atoms with van der Waals surface area (Å²) >= 11 is 1.77. The van der Waals surface area contributed by atoms with Gasteiger partial charge in [-0.3, -0.25) is 4.79 Å². The van der Waals surface area contributed by atoms with Crippen molar-refractivity contribution in [2.75, 3.05) is 12.3 Å². The molecule has 1 atom stereocenters. The summed E-state index contributed by atoms with van der Waals surface area (Å²) in [7, 11) is 0. The van der Waals surface area contributed by atoms with Gasteiger partial charge in [-0.15, -0.1) is 0 Å². The Morgan fingerprint density at radius 1 is 1.33 bits per heavy atom. The lowest BCUT2D eigenvalue weighted by Gasteiger charge is -2.10. The van der Waals surface area contributed by atoms with Gasteiger partial charge < -0.3 is 5.32 Å². The molecular formula is C12H12F3NOS. The average molecular weight is 275 g/mol. The van der Waals surface area contributed by atoms with Crippen molar-refractivity contribution in [2.45, 2.75) is 18.1 Å². The third kappa shape index (κ3) is 2.98. The Morgan fingerprint density at radius 2 is 2.00 bits per heavy atom. The molecule has 1 amide bonds. The van der Waals surface area contributed by atoms with Crippen LogP contribution in [0.5, 0.6) is 0 Å². The fourth-order valence-corrected chi connectivity index (χ4v) is 3.00. The van der Waals surface area contributed by atoms with E-state index in [1.54, 1.807) is 11.8 Å². The molecule has 2 nitrogen and oxygen atoms in total. The highest BCUT2D eigenvalue weighted by molar-refractivity contribution is 8.00. The lowest BCUT2D eigenvalue weighted by molar-refractivity contribution is 0.0952. The zero-order chi connectivity index (χ0) is 13.1. The molecule has 0 saturated carbocycles. The van der Waals surface area contributed by atoms with Crippen molar-refractivity contribution in [1.82, 2.24) is 5.32 Å².